The van der Waals surface area contributed by atoms with Crippen LogP contribution in [-0.4, -0.2) is 28.9 Å². The quantitative estimate of drug-likeness (QED) is 0.460. The molecule has 1 aliphatic heterocycles. The highest BCUT2D eigenvalue weighted by Gasteiger charge is 2.22. The Bertz CT molecular complexity index is 877. The van der Waals surface area contributed by atoms with Gasteiger partial charge in [-0.15, -0.1) is 0 Å². The molecule has 1 atom stereocenters. The fourth-order valence-electron chi connectivity index (χ4n) is 3.05. The first-order valence-corrected chi connectivity index (χ1v) is 8.65. The van der Waals surface area contributed by atoms with Crippen molar-refractivity contribution < 1.29 is 19.4 Å². The Balaban J connectivity index is 1.60. The summed E-state index contributed by atoms with van der Waals surface area (Å²) < 4.78 is 5.71. The topological polar surface area (TPSA) is 126 Å². The van der Waals surface area contributed by atoms with Crippen LogP contribution in [-0.2, 0) is 22.4 Å². The monoisotopic (exact) mass is 367 g/mol. The van der Waals surface area contributed by atoms with Gasteiger partial charge in [0.1, 0.15) is 17.7 Å². The highest BCUT2D eigenvalue weighted by atomic mass is 16.5. The average molecular weight is 367 g/mol. The molecular formula is C20H21N3O4. The molecule has 27 heavy (non-hydrogen) atoms. The van der Waals surface area contributed by atoms with Gasteiger partial charge >= 0.3 is 5.97 Å². The number of aryl methyl sites for hydroxylation is 1. The SMILES string of the molecule is N=C(N)c1ccc(CC(=O)Nc2ccc3c(c2)CCC(CC(=O)O)O3)cc1. The molecule has 0 fully saturated rings. The smallest absolute Gasteiger partial charge is 0.307 e. The van der Waals surface area contributed by atoms with Crippen LogP contribution in [0.4, 0.5) is 5.69 Å². The number of hydrogen-bond donors (Lipinski definition) is 4. The standard InChI is InChI=1S/C20H21N3O4/c21-20(22)13-3-1-12(2-4-13)9-18(24)23-15-6-8-17-14(10-15)5-7-16(27-17)11-19(25)26/h1-4,6,8,10,16H,5,7,9,11H2,(H3,21,22)(H,23,24)(H,25,26). The van der Waals surface area contributed by atoms with Gasteiger partial charge in [-0.2, -0.15) is 0 Å². The van der Waals surface area contributed by atoms with Crippen molar-refractivity contribution in [1.29, 1.82) is 5.41 Å². The van der Waals surface area contributed by atoms with Gasteiger partial charge in [0.25, 0.3) is 0 Å². The van der Waals surface area contributed by atoms with E-state index in [4.69, 9.17) is 21.0 Å². The largest absolute Gasteiger partial charge is 0.490 e. The normalized spacial score (nSPS) is 15.3. The number of amides is 1. The second kappa shape index (κ2) is 7.90. The van der Waals surface area contributed by atoms with E-state index in [0.29, 0.717) is 29.8 Å². The van der Waals surface area contributed by atoms with Crippen LogP contribution >= 0.6 is 0 Å². The van der Waals surface area contributed by atoms with Crippen LogP contribution in [0.1, 0.15) is 29.5 Å². The van der Waals surface area contributed by atoms with Crippen molar-refractivity contribution in [3.8, 4) is 5.75 Å². The number of carboxylic acid groups (broad SMARTS) is 1. The predicted octanol–water partition coefficient (Wildman–Crippen LogP) is 2.32. The molecule has 1 aliphatic rings. The summed E-state index contributed by atoms with van der Waals surface area (Å²) in [6.45, 7) is 0. The lowest BCUT2D eigenvalue weighted by Crippen LogP contribution is -2.25. The summed E-state index contributed by atoms with van der Waals surface area (Å²) in [6, 6.07) is 12.4. The summed E-state index contributed by atoms with van der Waals surface area (Å²) in [4.78, 5) is 23.1. The van der Waals surface area contributed by atoms with E-state index in [2.05, 4.69) is 5.32 Å². The molecule has 140 valence electrons. The number of carboxylic acids is 1. The van der Waals surface area contributed by atoms with Crippen molar-refractivity contribution in [1.82, 2.24) is 0 Å². The van der Waals surface area contributed by atoms with Crippen LogP contribution in [0, 0.1) is 5.41 Å². The van der Waals surface area contributed by atoms with Gasteiger partial charge in [0.2, 0.25) is 5.91 Å². The molecule has 2 aromatic rings. The molecule has 3 rings (SSSR count). The van der Waals surface area contributed by atoms with Gasteiger partial charge in [-0.25, -0.2) is 0 Å². The van der Waals surface area contributed by atoms with Gasteiger partial charge < -0.3 is 20.9 Å². The fraction of sp³-hybridized carbons (Fsp3) is 0.250. The van der Waals surface area contributed by atoms with E-state index in [1.165, 1.54) is 0 Å². The minimum absolute atomic E-state index is 0.00660. The molecule has 0 aliphatic carbocycles. The minimum Gasteiger partial charge on any atom is -0.490 e. The Hall–Kier alpha value is -3.35. The molecule has 2 aromatic carbocycles. The number of nitrogens with two attached hydrogens (primary N) is 1. The van der Waals surface area contributed by atoms with E-state index in [0.717, 1.165) is 11.1 Å². The van der Waals surface area contributed by atoms with Gasteiger partial charge in [-0.3, -0.25) is 15.0 Å². The van der Waals surface area contributed by atoms with E-state index >= 15 is 0 Å². The Morgan fingerprint density at radius 2 is 1.96 bits per heavy atom. The highest BCUT2D eigenvalue weighted by molar-refractivity contribution is 5.95. The molecule has 1 heterocycles. The zero-order valence-corrected chi connectivity index (χ0v) is 14.7. The molecule has 7 nitrogen and oxygen atoms in total. The number of fused-ring (bicyclic) bond motifs is 1. The summed E-state index contributed by atoms with van der Waals surface area (Å²) in [5, 5.41) is 19.1. The minimum atomic E-state index is -0.872. The molecule has 0 bridgehead atoms. The van der Waals surface area contributed by atoms with Crippen LogP contribution in [0.5, 0.6) is 5.75 Å². The van der Waals surface area contributed by atoms with E-state index in [1.807, 2.05) is 6.07 Å². The molecule has 7 heteroatoms. The lowest BCUT2D eigenvalue weighted by atomic mass is 10.00. The predicted molar refractivity (Wildman–Crippen MR) is 101 cm³/mol. The number of aliphatic carboxylic acids is 1. The van der Waals surface area contributed by atoms with E-state index in [-0.39, 0.29) is 30.7 Å². The summed E-state index contributed by atoms with van der Waals surface area (Å²) in [5.74, 6) is -0.354. The number of carbonyl (C=O) groups is 2. The lowest BCUT2D eigenvalue weighted by molar-refractivity contribution is -0.139. The van der Waals surface area contributed by atoms with Gasteiger partial charge in [0, 0.05) is 11.3 Å². The maximum Gasteiger partial charge on any atom is 0.307 e. The summed E-state index contributed by atoms with van der Waals surface area (Å²) in [7, 11) is 0. The highest BCUT2D eigenvalue weighted by Crippen LogP contribution is 2.31. The lowest BCUT2D eigenvalue weighted by Gasteiger charge is -2.25. The molecule has 0 saturated heterocycles. The van der Waals surface area contributed by atoms with E-state index < -0.39 is 5.97 Å². The van der Waals surface area contributed by atoms with Crippen LogP contribution in [0.15, 0.2) is 42.5 Å². The van der Waals surface area contributed by atoms with Gasteiger partial charge in [0.05, 0.1) is 12.8 Å². The number of benzene rings is 2. The van der Waals surface area contributed by atoms with Crippen molar-refractivity contribution >= 4 is 23.4 Å². The second-order valence-corrected chi connectivity index (χ2v) is 6.53. The Kier molecular flexibility index (Phi) is 5.40. The molecule has 0 aromatic heterocycles. The molecule has 0 saturated carbocycles. The molecule has 5 N–H and O–H groups in total. The number of anilines is 1. The number of nitrogens with one attached hydrogen (secondary N) is 2. The summed E-state index contributed by atoms with van der Waals surface area (Å²) in [5.41, 5.74) is 8.51. The van der Waals surface area contributed by atoms with Crippen molar-refractivity contribution in [2.45, 2.75) is 31.8 Å². The Morgan fingerprint density at radius 1 is 1.22 bits per heavy atom. The van der Waals surface area contributed by atoms with Crippen LogP contribution in [0.25, 0.3) is 0 Å². The van der Waals surface area contributed by atoms with Crippen molar-refractivity contribution in [2.75, 3.05) is 5.32 Å². The molecule has 0 radical (unpaired) electrons. The maximum atomic E-state index is 12.3. The zero-order valence-electron chi connectivity index (χ0n) is 14.7. The molecular weight excluding hydrogens is 346 g/mol. The number of carbonyl (C=O) groups excluding carboxylic acids is 1. The second-order valence-electron chi connectivity index (χ2n) is 6.53. The van der Waals surface area contributed by atoms with E-state index in [1.54, 1.807) is 36.4 Å². The Morgan fingerprint density at radius 3 is 2.63 bits per heavy atom. The van der Waals surface area contributed by atoms with Crippen molar-refractivity contribution in [3.05, 3.63) is 59.2 Å². The van der Waals surface area contributed by atoms with Crippen LogP contribution in [0.3, 0.4) is 0 Å². The molecule has 1 unspecified atom stereocenters. The first kappa shape index (κ1) is 18.4. The van der Waals surface area contributed by atoms with Crippen molar-refractivity contribution in [2.24, 2.45) is 5.73 Å². The van der Waals surface area contributed by atoms with Gasteiger partial charge in [-0.05, 0) is 42.2 Å². The summed E-state index contributed by atoms with van der Waals surface area (Å²) in [6.07, 6.45) is 1.24. The number of rotatable bonds is 6. The number of hydrogen-bond acceptors (Lipinski definition) is 4. The third-order valence-corrected chi connectivity index (χ3v) is 4.41. The maximum absolute atomic E-state index is 12.3. The number of amidine groups is 1. The first-order chi connectivity index (χ1) is 12.9. The summed E-state index contributed by atoms with van der Waals surface area (Å²) >= 11 is 0. The molecule has 1 amide bonds. The van der Waals surface area contributed by atoms with Crippen molar-refractivity contribution in [3.63, 3.8) is 0 Å². The fourth-order valence-corrected chi connectivity index (χ4v) is 3.05. The third kappa shape index (κ3) is 4.84. The zero-order chi connectivity index (χ0) is 19.4. The first-order valence-electron chi connectivity index (χ1n) is 8.65. The van der Waals surface area contributed by atoms with Crippen LogP contribution in [0.2, 0.25) is 0 Å². The average Bonchev–Trinajstić information content (AvgIpc) is 2.61. The van der Waals surface area contributed by atoms with Gasteiger partial charge in [-0.1, -0.05) is 24.3 Å². The van der Waals surface area contributed by atoms with Gasteiger partial charge in [0.15, 0.2) is 0 Å². The third-order valence-electron chi connectivity index (χ3n) is 4.41. The van der Waals surface area contributed by atoms with Crippen LogP contribution < -0.4 is 15.8 Å². The Labute approximate surface area is 156 Å². The number of nitrogen functional groups attached to an aromatic ring is 1. The molecule has 0 spiro atoms. The van der Waals surface area contributed by atoms with E-state index in [9.17, 15) is 9.59 Å². The number of ether oxygens (including phenoxy) is 1.